The average Bonchev–Trinajstić information content (AvgIpc) is 2.87. The van der Waals surface area contributed by atoms with Crippen LogP contribution in [0.1, 0.15) is 12.0 Å². The van der Waals surface area contributed by atoms with Crippen molar-refractivity contribution in [3.8, 4) is 0 Å². The number of allylic oxidation sites excluding steroid dienone is 9. The monoisotopic (exact) mass is 290 g/mol. The minimum absolute atomic E-state index is 0.0835. The van der Waals surface area contributed by atoms with Crippen LogP contribution in [0.2, 0.25) is 0 Å². The van der Waals surface area contributed by atoms with Crippen molar-refractivity contribution in [3.05, 3.63) is 99.3 Å². The predicted octanol–water partition coefficient (Wildman–Crippen LogP) is 4.28. The lowest BCUT2D eigenvalue weighted by molar-refractivity contribution is -0.384. The van der Waals surface area contributed by atoms with Crippen molar-refractivity contribution < 1.29 is 4.92 Å². The van der Waals surface area contributed by atoms with Crippen LogP contribution in [0.4, 0.5) is 5.69 Å². The third-order valence-electron chi connectivity index (χ3n) is 3.46. The molecule has 0 aromatic heterocycles. The third-order valence-corrected chi connectivity index (χ3v) is 3.46. The molecule has 1 aromatic carbocycles. The lowest BCUT2D eigenvalue weighted by Gasteiger charge is -2.05. The summed E-state index contributed by atoms with van der Waals surface area (Å²) in [5.74, 6) is 0. The van der Waals surface area contributed by atoms with Crippen LogP contribution in [0.25, 0.3) is 0 Å². The van der Waals surface area contributed by atoms with Gasteiger partial charge in [-0.25, -0.2) is 0 Å². The van der Waals surface area contributed by atoms with E-state index in [4.69, 9.17) is 0 Å². The van der Waals surface area contributed by atoms with Gasteiger partial charge in [-0.05, 0) is 41.3 Å². The van der Waals surface area contributed by atoms with E-state index >= 15 is 0 Å². The molecule has 4 heteroatoms. The minimum Gasteiger partial charge on any atom is -0.258 e. The van der Waals surface area contributed by atoms with Crippen LogP contribution >= 0.6 is 0 Å². The maximum atomic E-state index is 10.6. The fourth-order valence-corrected chi connectivity index (χ4v) is 2.30. The van der Waals surface area contributed by atoms with Gasteiger partial charge < -0.3 is 0 Å². The Morgan fingerprint density at radius 3 is 2.59 bits per heavy atom. The maximum absolute atomic E-state index is 10.6. The summed E-state index contributed by atoms with van der Waals surface area (Å²) in [6.45, 7) is 0. The molecule has 2 aliphatic carbocycles. The van der Waals surface area contributed by atoms with E-state index in [1.807, 2.05) is 24.3 Å². The van der Waals surface area contributed by atoms with Gasteiger partial charge in [-0.15, -0.1) is 0 Å². The number of nitro benzene ring substituents is 1. The van der Waals surface area contributed by atoms with Gasteiger partial charge in [-0.1, -0.05) is 36.5 Å². The topological polar surface area (TPSA) is 55.5 Å². The van der Waals surface area contributed by atoms with Gasteiger partial charge in [-0.3, -0.25) is 15.1 Å². The van der Waals surface area contributed by atoms with Crippen LogP contribution in [0.5, 0.6) is 0 Å². The Morgan fingerprint density at radius 1 is 1.05 bits per heavy atom. The van der Waals surface area contributed by atoms with Gasteiger partial charge in [0.25, 0.3) is 5.69 Å². The molecular weight excluding hydrogens is 276 g/mol. The maximum Gasteiger partial charge on any atom is 0.269 e. The summed E-state index contributed by atoms with van der Waals surface area (Å²) in [6, 6.07) is 6.36. The Hall–Kier alpha value is -3.01. The van der Waals surface area contributed by atoms with Gasteiger partial charge in [0.1, 0.15) is 0 Å². The average molecular weight is 290 g/mol. The van der Waals surface area contributed by atoms with E-state index in [0.717, 1.165) is 23.3 Å². The van der Waals surface area contributed by atoms with Gasteiger partial charge in [0.15, 0.2) is 0 Å². The molecule has 0 radical (unpaired) electrons. The molecule has 0 heterocycles. The number of nitro groups is 1. The molecule has 108 valence electrons. The summed E-state index contributed by atoms with van der Waals surface area (Å²) >= 11 is 0. The van der Waals surface area contributed by atoms with Crippen LogP contribution < -0.4 is 0 Å². The van der Waals surface area contributed by atoms with E-state index in [9.17, 15) is 10.1 Å². The Morgan fingerprint density at radius 2 is 1.82 bits per heavy atom. The van der Waals surface area contributed by atoms with E-state index in [1.54, 1.807) is 18.3 Å². The van der Waals surface area contributed by atoms with Crippen LogP contribution in [0, 0.1) is 10.1 Å². The second-order valence-electron chi connectivity index (χ2n) is 5.01. The zero-order valence-corrected chi connectivity index (χ0v) is 11.8. The lowest BCUT2D eigenvalue weighted by atomic mass is 10.1. The zero-order valence-electron chi connectivity index (χ0n) is 11.8. The molecule has 0 aliphatic heterocycles. The van der Waals surface area contributed by atoms with Crippen molar-refractivity contribution in [2.24, 2.45) is 4.99 Å². The standard InChI is InChI=1S/C18H14N2O2/c21-20(22)17-10-8-15(9-11-17)13-19-18-7-3-5-14-4-1-2-6-16(18)12-14/h1-11,13H,12H2. The first-order chi connectivity index (χ1) is 10.7. The molecule has 0 amide bonds. The van der Waals surface area contributed by atoms with E-state index in [1.165, 1.54) is 17.7 Å². The smallest absolute Gasteiger partial charge is 0.258 e. The van der Waals surface area contributed by atoms with Gasteiger partial charge in [-0.2, -0.15) is 0 Å². The molecule has 2 bridgehead atoms. The third kappa shape index (κ3) is 3.17. The lowest BCUT2D eigenvalue weighted by Crippen LogP contribution is -1.90. The number of nitrogens with zero attached hydrogens (tertiary/aromatic N) is 2. The predicted molar refractivity (Wildman–Crippen MR) is 87.8 cm³/mol. The summed E-state index contributed by atoms with van der Waals surface area (Å²) in [5, 5.41) is 10.6. The van der Waals surface area contributed by atoms with Gasteiger partial charge in [0.05, 0.1) is 10.6 Å². The number of rotatable bonds is 3. The van der Waals surface area contributed by atoms with Crippen molar-refractivity contribution in [3.63, 3.8) is 0 Å². The van der Waals surface area contributed by atoms with Crippen LogP contribution in [0.3, 0.4) is 0 Å². The van der Waals surface area contributed by atoms with Crippen molar-refractivity contribution in [2.75, 3.05) is 0 Å². The number of benzene rings is 1. The molecule has 0 unspecified atom stereocenters. The fraction of sp³-hybridized carbons (Fsp3) is 0.0556. The molecular formula is C18H14N2O2. The van der Waals surface area contributed by atoms with Gasteiger partial charge in [0.2, 0.25) is 0 Å². The van der Waals surface area contributed by atoms with Crippen molar-refractivity contribution in [2.45, 2.75) is 6.42 Å². The van der Waals surface area contributed by atoms with Crippen molar-refractivity contribution in [1.29, 1.82) is 0 Å². The van der Waals surface area contributed by atoms with Crippen LogP contribution in [-0.2, 0) is 0 Å². The van der Waals surface area contributed by atoms with E-state index in [-0.39, 0.29) is 5.69 Å². The first-order valence-corrected chi connectivity index (χ1v) is 6.96. The molecule has 0 atom stereocenters. The highest BCUT2D eigenvalue weighted by Crippen LogP contribution is 2.26. The second kappa shape index (κ2) is 6.18. The minimum atomic E-state index is -0.407. The number of aliphatic imine (C=N–C) groups is 1. The summed E-state index contributed by atoms with van der Waals surface area (Å²) in [7, 11) is 0. The molecule has 1 aromatic rings. The fourth-order valence-electron chi connectivity index (χ4n) is 2.30. The molecule has 22 heavy (non-hydrogen) atoms. The summed E-state index contributed by atoms with van der Waals surface area (Å²) in [4.78, 5) is 14.8. The molecule has 2 aliphatic rings. The molecule has 0 saturated carbocycles. The molecule has 0 saturated heterocycles. The Kier molecular flexibility index (Phi) is 3.92. The van der Waals surface area contributed by atoms with Crippen molar-refractivity contribution in [1.82, 2.24) is 0 Å². The Bertz CT molecular complexity index is 776. The van der Waals surface area contributed by atoms with Gasteiger partial charge in [0, 0.05) is 18.3 Å². The number of hydrogen-bond donors (Lipinski definition) is 0. The summed E-state index contributed by atoms with van der Waals surface area (Å²) < 4.78 is 0. The SMILES string of the molecule is O=[N+]([O-])c1ccc(C=NC2=CC=CC3=CC=CC=C2C3)cc1. The first-order valence-electron chi connectivity index (χ1n) is 6.96. The molecule has 0 spiro atoms. The summed E-state index contributed by atoms with van der Waals surface area (Å²) in [5.41, 5.74) is 4.23. The summed E-state index contributed by atoms with van der Waals surface area (Å²) in [6.07, 6.45) is 16.8. The first kappa shape index (κ1) is 13.9. The second-order valence-corrected chi connectivity index (χ2v) is 5.01. The van der Waals surface area contributed by atoms with Crippen LogP contribution in [-0.4, -0.2) is 11.1 Å². The normalized spacial score (nSPS) is 16.6. The van der Waals surface area contributed by atoms with Gasteiger partial charge >= 0.3 is 0 Å². The highest BCUT2D eigenvalue weighted by molar-refractivity contribution is 5.81. The largest absolute Gasteiger partial charge is 0.269 e. The Balaban J connectivity index is 1.83. The van der Waals surface area contributed by atoms with E-state index in [0.29, 0.717) is 0 Å². The van der Waals surface area contributed by atoms with Crippen LogP contribution in [0.15, 0.2) is 88.6 Å². The molecule has 4 nitrogen and oxygen atoms in total. The Labute approximate surface area is 128 Å². The number of non-ortho nitro benzene ring substituents is 1. The molecule has 3 rings (SSSR count). The molecule has 0 N–H and O–H groups in total. The number of hydrogen-bond acceptors (Lipinski definition) is 3. The quantitative estimate of drug-likeness (QED) is 0.474. The molecule has 0 fully saturated rings. The van der Waals surface area contributed by atoms with Crippen molar-refractivity contribution >= 4 is 11.9 Å². The van der Waals surface area contributed by atoms with E-state index < -0.39 is 4.92 Å². The number of fused-ring (bicyclic) bond motifs is 2. The highest BCUT2D eigenvalue weighted by atomic mass is 16.6. The zero-order chi connectivity index (χ0) is 15.4. The highest BCUT2D eigenvalue weighted by Gasteiger charge is 2.09. The van der Waals surface area contributed by atoms with E-state index in [2.05, 4.69) is 23.2 Å².